The number of aromatic nitrogens is 2. The Bertz CT molecular complexity index is 1030. The molecule has 0 atom stereocenters. The Morgan fingerprint density at radius 2 is 2.08 bits per heavy atom. The molecule has 0 unspecified atom stereocenters. The fourth-order valence-corrected chi connectivity index (χ4v) is 3.66. The minimum absolute atomic E-state index is 0.0988. The van der Waals surface area contributed by atoms with E-state index in [0.29, 0.717) is 28.0 Å². The van der Waals surface area contributed by atoms with E-state index < -0.39 is 5.97 Å². The van der Waals surface area contributed by atoms with Crippen molar-refractivity contribution in [1.29, 1.82) is 0 Å². The highest BCUT2D eigenvalue weighted by atomic mass is 32.1. The van der Waals surface area contributed by atoms with E-state index in [1.807, 2.05) is 30.3 Å². The monoisotopic (exact) mass is 338 g/mol. The topological polar surface area (TPSA) is 72.2 Å². The van der Waals surface area contributed by atoms with Crippen LogP contribution in [0.25, 0.3) is 10.2 Å². The van der Waals surface area contributed by atoms with Gasteiger partial charge in [0.2, 0.25) is 0 Å². The van der Waals surface area contributed by atoms with E-state index in [1.165, 1.54) is 4.57 Å². The van der Waals surface area contributed by atoms with Crippen LogP contribution in [0.15, 0.2) is 35.1 Å². The molecule has 0 aliphatic carbocycles. The van der Waals surface area contributed by atoms with Gasteiger partial charge in [0.15, 0.2) is 0 Å². The Labute approximate surface area is 142 Å². The maximum atomic E-state index is 12.8. The lowest BCUT2D eigenvalue weighted by atomic mass is 10.1. The highest BCUT2D eigenvalue weighted by Crippen LogP contribution is 2.27. The molecule has 3 rings (SSSR count). The van der Waals surface area contributed by atoms with Gasteiger partial charge in [-0.1, -0.05) is 36.3 Å². The zero-order valence-corrected chi connectivity index (χ0v) is 13.8. The van der Waals surface area contributed by atoms with Crippen LogP contribution in [0.3, 0.4) is 0 Å². The van der Waals surface area contributed by atoms with Crippen LogP contribution in [0.2, 0.25) is 0 Å². The molecule has 0 amide bonds. The average Bonchev–Trinajstić information content (AvgIpc) is 2.89. The Balaban J connectivity index is 2.25. The van der Waals surface area contributed by atoms with Crippen molar-refractivity contribution < 1.29 is 9.90 Å². The standard InChI is InChI=1S/C18H14N2O3S/c1-3-9-20-13(10-12-7-5-4-6-8-12)19-16-14(17(20)21)11(2)15(24-16)18(22)23/h1,4-8H,9-10H2,2H3,(H,22,23). The van der Waals surface area contributed by atoms with Gasteiger partial charge < -0.3 is 5.11 Å². The number of nitrogens with zero attached hydrogens (tertiary/aromatic N) is 2. The number of carboxylic acid groups (broad SMARTS) is 1. The molecule has 0 saturated heterocycles. The summed E-state index contributed by atoms with van der Waals surface area (Å²) < 4.78 is 1.45. The van der Waals surface area contributed by atoms with Crippen molar-refractivity contribution in [3.8, 4) is 12.3 Å². The van der Waals surface area contributed by atoms with Gasteiger partial charge in [0.05, 0.1) is 11.9 Å². The third-order valence-corrected chi connectivity index (χ3v) is 4.95. The fraction of sp³-hybridized carbons (Fsp3) is 0.167. The highest BCUT2D eigenvalue weighted by Gasteiger charge is 2.20. The smallest absolute Gasteiger partial charge is 0.346 e. The van der Waals surface area contributed by atoms with Crippen LogP contribution < -0.4 is 5.56 Å². The van der Waals surface area contributed by atoms with E-state index in [4.69, 9.17) is 6.42 Å². The average molecular weight is 338 g/mol. The number of aryl methyl sites for hydroxylation is 1. The van der Waals surface area contributed by atoms with Crippen molar-refractivity contribution in [1.82, 2.24) is 9.55 Å². The van der Waals surface area contributed by atoms with Gasteiger partial charge in [-0.2, -0.15) is 0 Å². The summed E-state index contributed by atoms with van der Waals surface area (Å²) >= 11 is 1.02. The first-order valence-electron chi connectivity index (χ1n) is 7.26. The molecule has 2 heterocycles. The first kappa shape index (κ1) is 16.0. The molecule has 120 valence electrons. The van der Waals surface area contributed by atoms with Gasteiger partial charge in [-0.05, 0) is 18.1 Å². The summed E-state index contributed by atoms with van der Waals surface area (Å²) in [7, 11) is 0. The summed E-state index contributed by atoms with van der Waals surface area (Å²) in [5.74, 6) is 1.96. The number of benzene rings is 1. The summed E-state index contributed by atoms with van der Waals surface area (Å²) in [4.78, 5) is 29.3. The molecule has 3 aromatic rings. The number of carbonyl (C=O) groups is 1. The molecular weight excluding hydrogens is 324 g/mol. The molecule has 2 aromatic heterocycles. The van der Waals surface area contributed by atoms with Crippen LogP contribution in [0.1, 0.15) is 26.6 Å². The molecule has 0 aliphatic rings. The molecule has 6 heteroatoms. The second-order valence-electron chi connectivity index (χ2n) is 5.33. The Kier molecular flexibility index (Phi) is 4.19. The first-order chi connectivity index (χ1) is 11.5. The molecule has 1 N–H and O–H groups in total. The van der Waals surface area contributed by atoms with Crippen LogP contribution in [-0.4, -0.2) is 20.6 Å². The van der Waals surface area contributed by atoms with Gasteiger partial charge in [0.1, 0.15) is 15.5 Å². The number of hydrogen-bond acceptors (Lipinski definition) is 4. The first-order valence-corrected chi connectivity index (χ1v) is 8.08. The van der Waals surface area contributed by atoms with Crippen molar-refractivity contribution in [2.45, 2.75) is 19.9 Å². The lowest BCUT2D eigenvalue weighted by Gasteiger charge is -2.10. The zero-order chi connectivity index (χ0) is 17.3. The normalized spacial score (nSPS) is 10.7. The summed E-state index contributed by atoms with van der Waals surface area (Å²) in [5, 5.41) is 9.61. The third-order valence-electron chi connectivity index (χ3n) is 3.78. The van der Waals surface area contributed by atoms with Gasteiger partial charge >= 0.3 is 5.97 Å². The number of rotatable bonds is 4. The number of fused-ring (bicyclic) bond motifs is 1. The van der Waals surface area contributed by atoms with E-state index in [9.17, 15) is 14.7 Å². The molecule has 0 fully saturated rings. The molecule has 1 aromatic carbocycles. The lowest BCUT2D eigenvalue weighted by Crippen LogP contribution is -2.25. The number of terminal acetylenes is 1. The van der Waals surface area contributed by atoms with Crippen LogP contribution in [0.5, 0.6) is 0 Å². The number of aromatic carboxylic acids is 1. The van der Waals surface area contributed by atoms with Crippen molar-refractivity contribution >= 4 is 27.5 Å². The van der Waals surface area contributed by atoms with E-state index in [0.717, 1.165) is 16.9 Å². The molecule has 0 bridgehead atoms. The lowest BCUT2D eigenvalue weighted by molar-refractivity contribution is 0.0701. The van der Waals surface area contributed by atoms with E-state index in [-0.39, 0.29) is 17.0 Å². The second-order valence-corrected chi connectivity index (χ2v) is 6.33. The third kappa shape index (κ3) is 2.70. The predicted octanol–water partition coefficient (Wildman–Crippen LogP) is 2.69. The quantitative estimate of drug-likeness (QED) is 0.743. The van der Waals surface area contributed by atoms with Crippen LogP contribution in [-0.2, 0) is 13.0 Å². The van der Waals surface area contributed by atoms with Crippen molar-refractivity contribution in [2.24, 2.45) is 0 Å². The van der Waals surface area contributed by atoms with Crippen molar-refractivity contribution in [3.63, 3.8) is 0 Å². The van der Waals surface area contributed by atoms with Gasteiger partial charge in [-0.25, -0.2) is 9.78 Å². The minimum atomic E-state index is -1.05. The van der Waals surface area contributed by atoms with Gasteiger partial charge in [0.25, 0.3) is 5.56 Å². The number of carboxylic acids is 1. The maximum Gasteiger partial charge on any atom is 0.346 e. The van der Waals surface area contributed by atoms with E-state index in [1.54, 1.807) is 6.92 Å². The molecule has 0 radical (unpaired) electrons. The van der Waals surface area contributed by atoms with E-state index in [2.05, 4.69) is 10.9 Å². The second kappa shape index (κ2) is 6.30. The number of hydrogen-bond donors (Lipinski definition) is 1. The highest BCUT2D eigenvalue weighted by molar-refractivity contribution is 7.20. The SMILES string of the molecule is C#CCn1c(Cc2ccccc2)nc2sc(C(=O)O)c(C)c2c1=O. The molecule has 0 saturated carbocycles. The van der Waals surface area contributed by atoms with Gasteiger partial charge in [0, 0.05) is 6.42 Å². The molecule has 5 nitrogen and oxygen atoms in total. The summed E-state index contributed by atoms with van der Waals surface area (Å²) in [6.45, 7) is 1.73. The number of thiophene rings is 1. The predicted molar refractivity (Wildman–Crippen MR) is 93.7 cm³/mol. The molecule has 24 heavy (non-hydrogen) atoms. The van der Waals surface area contributed by atoms with Crippen molar-refractivity contribution in [2.75, 3.05) is 0 Å². The van der Waals surface area contributed by atoms with Gasteiger partial charge in [-0.3, -0.25) is 9.36 Å². The molecule has 0 spiro atoms. The molecule has 0 aliphatic heterocycles. The van der Waals surface area contributed by atoms with Crippen LogP contribution >= 0.6 is 11.3 Å². The summed E-state index contributed by atoms with van der Waals surface area (Å²) in [6, 6.07) is 9.62. The minimum Gasteiger partial charge on any atom is -0.477 e. The largest absolute Gasteiger partial charge is 0.477 e. The van der Waals surface area contributed by atoms with E-state index >= 15 is 0 Å². The summed E-state index contributed by atoms with van der Waals surface area (Å²) in [5.41, 5.74) is 1.16. The van der Waals surface area contributed by atoms with Crippen LogP contribution in [0, 0.1) is 19.3 Å². The molecular formula is C18H14N2O3S. The Hall–Kier alpha value is -2.91. The summed E-state index contributed by atoms with van der Waals surface area (Å²) in [6.07, 6.45) is 5.85. The zero-order valence-electron chi connectivity index (χ0n) is 12.9. The van der Waals surface area contributed by atoms with Crippen molar-refractivity contribution in [3.05, 3.63) is 62.5 Å². The Morgan fingerprint density at radius 3 is 2.71 bits per heavy atom. The maximum absolute atomic E-state index is 12.8. The fourth-order valence-electron chi connectivity index (χ4n) is 2.63. The Morgan fingerprint density at radius 1 is 1.38 bits per heavy atom. The van der Waals surface area contributed by atoms with Gasteiger partial charge in [-0.15, -0.1) is 17.8 Å². The van der Waals surface area contributed by atoms with Crippen LogP contribution in [0.4, 0.5) is 0 Å².